The maximum absolute atomic E-state index is 11.6. The molecular formula is C43H41N3O6. The van der Waals surface area contributed by atoms with Crippen LogP contribution in [-0.4, -0.2) is 18.3 Å². The molecule has 6 aromatic rings. The van der Waals surface area contributed by atoms with Gasteiger partial charge in [0.05, 0.1) is 0 Å². The molecule has 0 aliphatic rings. The van der Waals surface area contributed by atoms with Crippen LogP contribution < -0.4 is 30.2 Å². The van der Waals surface area contributed by atoms with Crippen LogP contribution in [0.25, 0.3) is 0 Å². The molecule has 0 unspecified atom stereocenters. The molecule has 0 saturated heterocycles. The third-order valence-corrected chi connectivity index (χ3v) is 7.10. The zero-order valence-electron chi connectivity index (χ0n) is 29.0. The molecule has 3 amide bonds. The second-order valence-electron chi connectivity index (χ2n) is 10.9. The summed E-state index contributed by atoms with van der Waals surface area (Å²) >= 11 is 0. The molecule has 264 valence electrons. The largest absolute Gasteiger partial charge is 0.417 e. The summed E-state index contributed by atoms with van der Waals surface area (Å²) in [6, 6.07) is 51.5. The lowest BCUT2D eigenvalue weighted by atomic mass is 10.1. The van der Waals surface area contributed by atoms with Crippen LogP contribution in [0.5, 0.6) is 17.2 Å². The Kier molecular flexibility index (Phi) is 15.5. The Labute approximate surface area is 304 Å². The molecule has 0 saturated carbocycles. The van der Waals surface area contributed by atoms with Crippen molar-refractivity contribution in [3.63, 3.8) is 0 Å². The minimum absolute atomic E-state index is 0.481. The summed E-state index contributed by atoms with van der Waals surface area (Å²) in [5.74, 6) is 1.58. The average molecular weight is 696 g/mol. The molecule has 9 nitrogen and oxygen atoms in total. The first-order valence-electron chi connectivity index (χ1n) is 16.7. The minimum atomic E-state index is -0.489. The van der Waals surface area contributed by atoms with E-state index in [4.69, 9.17) is 14.2 Å². The molecule has 9 heteroatoms. The van der Waals surface area contributed by atoms with Crippen molar-refractivity contribution in [3.8, 4) is 17.2 Å². The Morgan fingerprint density at radius 2 is 0.615 bits per heavy atom. The van der Waals surface area contributed by atoms with Gasteiger partial charge in [-0.3, -0.25) is 16.0 Å². The van der Waals surface area contributed by atoms with Crippen molar-refractivity contribution in [2.45, 2.75) is 26.7 Å². The van der Waals surface area contributed by atoms with Crippen LogP contribution in [0, 0.1) is 0 Å². The van der Waals surface area contributed by atoms with Crippen molar-refractivity contribution in [1.82, 2.24) is 0 Å². The van der Waals surface area contributed by atoms with Crippen LogP contribution in [0.15, 0.2) is 170 Å². The highest BCUT2D eigenvalue weighted by Gasteiger charge is 2.06. The van der Waals surface area contributed by atoms with Crippen LogP contribution in [0.1, 0.15) is 25.0 Å². The summed E-state index contributed by atoms with van der Waals surface area (Å²) in [6.45, 7) is 4.18. The highest BCUT2D eigenvalue weighted by molar-refractivity contribution is 5.87. The van der Waals surface area contributed by atoms with Crippen LogP contribution in [0.3, 0.4) is 0 Å². The van der Waals surface area contributed by atoms with Crippen LogP contribution >= 0.6 is 0 Å². The fraction of sp³-hybridized carbons (Fsp3) is 0.0930. The Morgan fingerprint density at radius 1 is 0.365 bits per heavy atom. The van der Waals surface area contributed by atoms with E-state index in [9.17, 15) is 14.4 Å². The predicted octanol–water partition coefficient (Wildman–Crippen LogP) is 11.0. The topological polar surface area (TPSA) is 115 Å². The van der Waals surface area contributed by atoms with Gasteiger partial charge in [-0.2, -0.15) is 0 Å². The molecule has 0 atom stereocenters. The number of aryl methyl sites for hydroxylation is 2. The van der Waals surface area contributed by atoms with E-state index in [1.807, 2.05) is 121 Å². The number of hydrogen-bond donors (Lipinski definition) is 3. The first-order chi connectivity index (χ1) is 25.4. The third kappa shape index (κ3) is 14.3. The van der Waals surface area contributed by atoms with Crippen molar-refractivity contribution >= 4 is 35.3 Å². The van der Waals surface area contributed by atoms with E-state index in [1.54, 1.807) is 48.5 Å². The summed E-state index contributed by atoms with van der Waals surface area (Å²) in [5, 5.41) is 7.99. The number of amides is 3. The van der Waals surface area contributed by atoms with Crippen molar-refractivity contribution in [2.24, 2.45) is 0 Å². The maximum Gasteiger partial charge on any atom is 0.417 e. The standard InChI is InChI=1S/2C15H15NO2.C13H11NO2/c2*1-2-12-8-10-13(11-9-12)16-15(17)18-14-6-4-3-5-7-14;15-13(14-11-7-3-1-4-8-11)16-12-9-5-2-6-10-12/h2*3-11H,2H2,1H3,(H,16,17);1-10H,(H,14,15). The van der Waals surface area contributed by atoms with Gasteiger partial charge in [-0.25, -0.2) is 14.4 Å². The number of ether oxygens (including phenoxy) is 3. The predicted molar refractivity (Wildman–Crippen MR) is 206 cm³/mol. The summed E-state index contributed by atoms with van der Waals surface area (Å²) in [7, 11) is 0. The molecule has 0 aliphatic carbocycles. The number of benzene rings is 6. The summed E-state index contributed by atoms with van der Waals surface area (Å²) < 4.78 is 15.3. The fourth-order valence-corrected chi connectivity index (χ4v) is 4.39. The molecule has 0 bridgehead atoms. The van der Waals surface area contributed by atoms with Gasteiger partial charge in [0.25, 0.3) is 0 Å². The molecule has 0 fully saturated rings. The molecule has 0 heterocycles. The quantitative estimate of drug-likeness (QED) is 0.146. The van der Waals surface area contributed by atoms with Crippen molar-refractivity contribution < 1.29 is 28.6 Å². The lowest BCUT2D eigenvalue weighted by Gasteiger charge is -2.06. The molecule has 0 aliphatic heterocycles. The fourth-order valence-electron chi connectivity index (χ4n) is 4.39. The Hall–Kier alpha value is -6.87. The minimum Gasteiger partial charge on any atom is -0.410 e. The zero-order chi connectivity index (χ0) is 36.8. The average Bonchev–Trinajstić information content (AvgIpc) is 3.17. The molecule has 0 radical (unpaired) electrons. The summed E-state index contributed by atoms with van der Waals surface area (Å²) in [4.78, 5) is 34.7. The van der Waals surface area contributed by atoms with E-state index in [-0.39, 0.29) is 0 Å². The number of hydrogen-bond acceptors (Lipinski definition) is 6. The van der Waals surface area contributed by atoms with Gasteiger partial charge < -0.3 is 14.2 Å². The second-order valence-corrected chi connectivity index (χ2v) is 10.9. The van der Waals surface area contributed by atoms with Gasteiger partial charge in [-0.15, -0.1) is 0 Å². The van der Waals surface area contributed by atoms with Gasteiger partial charge >= 0.3 is 18.3 Å². The lowest BCUT2D eigenvalue weighted by molar-refractivity contribution is 0.214. The number of anilines is 3. The van der Waals surface area contributed by atoms with E-state index in [1.165, 1.54) is 11.1 Å². The number of para-hydroxylation sites is 4. The lowest BCUT2D eigenvalue weighted by Crippen LogP contribution is -2.16. The molecule has 0 spiro atoms. The van der Waals surface area contributed by atoms with Gasteiger partial charge in [0, 0.05) is 17.1 Å². The first-order valence-corrected chi connectivity index (χ1v) is 16.7. The van der Waals surface area contributed by atoms with Gasteiger partial charge in [0.1, 0.15) is 17.2 Å². The summed E-state index contributed by atoms with van der Waals surface area (Å²) in [5.41, 5.74) is 4.64. The van der Waals surface area contributed by atoms with E-state index < -0.39 is 18.3 Å². The SMILES string of the molecule is CCc1ccc(NC(=O)Oc2ccccc2)cc1.CCc1ccc(NC(=O)Oc2ccccc2)cc1.O=C(Nc1ccccc1)Oc1ccccc1. The van der Waals surface area contributed by atoms with Crippen molar-refractivity contribution in [1.29, 1.82) is 0 Å². The Bertz CT molecular complexity index is 1780. The highest BCUT2D eigenvalue weighted by Crippen LogP contribution is 2.15. The third-order valence-electron chi connectivity index (χ3n) is 7.10. The molecular weight excluding hydrogens is 654 g/mol. The van der Waals surface area contributed by atoms with Crippen LogP contribution in [0.4, 0.5) is 31.4 Å². The normalized spacial score (nSPS) is 9.73. The number of carbonyl (C=O) groups excluding carboxylic acids is 3. The van der Waals surface area contributed by atoms with Gasteiger partial charge in [-0.05, 0) is 96.8 Å². The van der Waals surface area contributed by atoms with E-state index in [2.05, 4.69) is 29.8 Å². The van der Waals surface area contributed by atoms with Crippen molar-refractivity contribution in [2.75, 3.05) is 16.0 Å². The zero-order valence-corrected chi connectivity index (χ0v) is 29.0. The van der Waals surface area contributed by atoms with Crippen LogP contribution in [0.2, 0.25) is 0 Å². The van der Waals surface area contributed by atoms with Crippen molar-refractivity contribution in [3.05, 3.63) is 181 Å². The number of rotatable bonds is 8. The molecule has 6 aromatic carbocycles. The molecule has 52 heavy (non-hydrogen) atoms. The van der Waals surface area contributed by atoms with E-state index >= 15 is 0 Å². The molecule has 3 N–H and O–H groups in total. The Morgan fingerprint density at radius 3 is 0.885 bits per heavy atom. The Balaban J connectivity index is 0.000000175. The summed E-state index contributed by atoms with van der Waals surface area (Å²) in [6.07, 6.45) is 0.511. The number of carbonyl (C=O) groups is 3. The number of nitrogens with one attached hydrogen (secondary N) is 3. The molecule has 6 rings (SSSR count). The smallest absolute Gasteiger partial charge is 0.410 e. The van der Waals surface area contributed by atoms with Gasteiger partial charge in [0.15, 0.2) is 0 Å². The highest BCUT2D eigenvalue weighted by atomic mass is 16.6. The second kappa shape index (κ2) is 21.3. The van der Waals surface area contributed by atoms with Crippen LogP contribution in [-0.2, 0) is 12.8 Å². The molecule has 0 aromatic heterocycles. The van der Waals surface area contributed by atoms with E-state index in [0.29, 0.717) is 22.9 Å². The first kappa shape index (κ1) is 37.9. The maximum atomic E-state index is 11.6. The van der Waals surface area contributed by atoms with Gasteiger partial charge in [0.2, 0.25) is 0 Å². The van der Waals surface area contributed by atoms with Gasteiger partial charge in [-0.1, -0.05) is 111 Å². The monoisotopic (exact) mass is 695 g/mol. The van der Waals surface area contributed by atoms with E-state index in [0.717, 1.165) is 24.2 Å².